The van der Waals surface area contributed by atoms with Crippen molar-refractivity contribution in [3.05, 3.63) is 74.6 Å². The second-order valence-corrected chi connectivity index (χ2v) is 4.30. The minimum Gasteiger partial charge on any atom is -0.327 e. The second kappa shape index (κ2) is 4.71. The third kappa shape index (κ3) is 2.10. The van der Waals surface area contributed by atoms with Gasteiger partial charge in [-0.2, -0.15) is 0 Å². The molecule has 0 spiro atoms. The number of carbonyl (C=O) groups is 1. The molecule has 3 aromatic rings. The maximum Gasteiger partial charge on any atom is 0.366 e. The average molecular weight is 284 g/mol. The Kier molecular flexibility index (Phi) is 2.87. The molecule has 0 fully saturated rings. The summed E-state index contributed by atoms with van der Waals surface area (Å²) >= 11 is 0. The molecule has 1 heterocycles. The topological polar surface area (TPSA) is 95.3 Å². The molecule has 0 atom stereocenters. The first-order valence-electron chi connectivity index (χ1n) is 5.98. The summed E-state index contributed by atoms with van der Waals surface area (Å²) in [6.45, 7) is 0. The van der Waals surface area contributed by atoms with Gasteiger partial charge in [0.1, 0.15) is 0 Å². The van der Waals surface area contributed by atoms with E-state index in [4.69, 9.17) is 4.52 Å². The van der Waals surface area contributed by atoms with Gasteiger partial charge >= 0.3 is 5.63 Å². The van der Waals surface area contributed by atoms with Crippen LogP contribution >= 0.6 is 0 Å². The fourth-order valence-corrected chi connectivity index (χ4v) is 2.00. The van der Waals surface area contributed by atoms with Crippen LogP contribution in [0.2, 0.25) is 0 Å². The summed E-state index contributed by atoms with van der Waals surface area (Å²) in [5, 5.41) is 10.9. The molecule has 0 aliphatic carbocycles. The minimum absolute atomic E-state index is 0.120. The number of rotatable bonds is 2. The van der Waals surface area contributed by atoms with E-state index in [0.717, 1.165) is 4.74 Å². The zero-order chi connectivity index (χ0) is 15.0. The van der Waals surface area contributed by atoms with Crippen LogP contribution in [0.15, 0.2) is 57.8 Å². The maximum absolute atomic E-state index is 12.3. The number of nitrogens with zero attached hydrogens (tertiary/aromatic N) is 2. The van der Waals surface area contributed by atoms with Crippen molar-refractivity contribution in [2.45, 2.75) is 0 Å². The van der Waals surface area contributed by atoms with Crippen LogP contribution < -0.4 is 5.63 Å². The zero-order valence-corrected chi connectivity index (χ0v) is 10.6. The SMILES string of the molecule is O=C(c1ccc([N+](=O)[O-])cc1)n1oc(=O)c2ccccc21. The lowest BCUT2D eigenvalue weighted by Crippen LogP contribution is -2.11. The van der Waals surface area contributed by atoms with Gasteiger partial charge in [-0.3, -0.25) is 14.9 Å². The summed E-state index contributed by atoms with van der Waals surface area (Å²) in [7, 11) is 0. The van der Waals surface area contributed by atoms with E-state index in [2.05, 4.69) is 0 Å². The van der Waals surface area contributed by atoms with Gasteiger partial charge in [-0.1, -0.05) is 12.1 Å². The van der Waals surface area contributed by atoms with Gasteiger partial charge in [0.05, 0.1) is 15.8 Å². The largest absolute Gasteiger partial charge is 0.366 e. The normalized spacial score (nSPS) is 10.7. The number of nitro benzene ring substituents is 1. The molecule has 0 unspecified atom stereocenters. The number of hydrogen-bond donors (Lipinski definition) is 0. The molecule has 2 aromatic carbocycles. The maximum atomic E-state index is 12.3. The van der Waals surface area contributed by atoms with Crippen LogP contribution in [0, 0.1) is 10.1 Å². The number of benzene rings is 2. The number of hydrogen-bond acceptors (Lipinski definition) is 5. The molecule has 0 radical (unpaired) electrons. The lowest BCUT2D eigenvalue weighted by Gasteiger charge is -2.01. The van der Waals surface area contributed by atoms with E-state index in [1.54, 1.807) is 24.3 Å². The molecular formula is C14H8N2O5. The van der Waals surface area contributed by atoms with Crippen molar-refractivity contribution in [1.29, 1.82) is 0 Å². The quantitative estimate of drug-likeness (QED) is 0.531. The monoisotopic (exact) mass is 284 g/mol. The number of fused-ring (bicyclic) bond motifs is 1. The van der Waals surface area contributed by atoms with Crippen LogP contribution in [0.3, 0.4) is 0 Å². The highest BCUT2D eigenvalue weighted by molar-refractivity contribution is 6.00. The van der Waals surface area contributed by atoms with Crippen LogP contribution in [-0.4, -0.2) is 15.6 Å². The molecule has 1 aromatic heterocycles. The Hall–Kier alpha value is -3.22. The summed E-state index contributed by atoms with van der Waals surface area (Å²) < 4.78 is 5.82. The summed E-state index contributed by atoms with van der Waals surface area (Å²) in [4.78, 5) is 34.0. The van der Waals surface area contributed by atoms with Gasteiger partial charge < -0.3 is 4.52 Å². The summed E-state index contributed by atoms with van der Waals surface area (Å²) in [5.41, 5.74) is -0.192. The van der Waals surface area contributed by atoms with Crippen LogP contribution in [0.5, 0.6) is 0 Å². The highest BCUT2D eigenvalue weighted by Gasteiger charge is 2.17. The van der Waals surface area contributed by atoms with Crippen molar-refractivity contribution in [1.82, 2.24) is 4.74 Å². The van der Waals surface area contributed by atoms with E-state index in [1.165, 1.54) is 24.3 Å². The molecule has 0 saturated heterocycles. The highest BCUT2D eigenvalue weighted by Crippen LogP contribution is 2.16. The van der Waals surface area contributed by atoms with Crippen LogP contribution in [0.1, 0.15) is 10.4 Å². The Bertz CT molecular complexity index is 905. The third-order valence-corrected chi connectivity index (χ3v) is 3.03. The fourth-order valence-electron chi connectivity index (χ4n) is 2.00. The molecule has 3 rings (SSSR count). The molecule has 0 aliphatic heterocycles. The van der Waals surface area contributed by atoms with Gasteiger partial charge in [0.15, 0.2) is 0 Å². The van der Waals surface area contributed by atoms with Crippen molar-refractivity contribution in [2.24, 2.45) is 0 Å². The lowest BCUT2D eigenvalue weighted by atomic mass is 10.2. The van der Waals surface area contributed by atoms with Crippen LogP contribution in [0.4, 0.5) is 5.69 Å². The molecule has 104 valence electrons. The molecule has 0 N–H and O–H groups in total. The molecule has 21 heavy (non-hydrogen) atoms. The third-order valence-electron chi connectivity index (χ3n) is 3.03. The number of non-ortho nitro benzene ring substituents is 1. The molecule has 7 heteroatoms. The van der Waals surface area contributed by atoms with E-state index < -0.39 is 16.5 Å². The Morgan fingerprint density at radius 1 is 1.10 bits per heavy atom. The molecular weight excluding hydrogens is 276 g/mol. The second-order valence-electron chi connectivity index (χ2n) is 4.30. The Balaban J connectivity index is 2.08. The minimum atomic E-state index is -0.610. The molecule has 0 saturated carbocycles. The van der Waals surface area contributed by atoms with Crippen LogP contribution in [-0.2, 0) is 0 Å². The lowest BCUT2D eigenvalue weighted by molar-refractivity contribution is -0.384. The summed E-state index contributed by atoms with van der Waals surface area (Å²) in [5.74, 6) is -0.566. The first kappa shape index (κ1) is 12.8. The van der Waals surface area contributed by atoms with E-state index in [9.17, 15) is 19.7 Å². The van der Waals surface area contributed by atoms with Crippen molar-refractivity contribution in [3.63, 3.8) is 0 Å². The molecule has 0 amide bonds. The van der Waals surface area contributed by atoms with E-state index >= 15 is 0 Å². The van der Waals surface area contributed by atoms with Crippen molar-refractivity contribution < 1.29 is 14.2 Å². The summed E-state index contributed by atoms with van der Waals surface area (Å²) in [6.07, 6.45) is 0. The van der Waals surface area contributed by atoms with Gasteiger partial charge in [0, 0.05) is 17.7 Å². The predicted octanol–water partition coefficient (Wildman–Crippen LogP) is 2.19. The predicted molar refractivity (Wildman–Crippen MR) is 73.3 cm³/mol. The van der Waals surface area contributed by atoms with E-state index in [1.807, 2.05) is 0 Å². The van der Waals surface area contributed by atoms with Crippen LogP contribution in [0.25, 0.3) is 10.9 Å². The van der Waals surface area contributed by atoms with E-state index in [-0.39, 0.29) is 11.3 Å². The number of para-hydroxylation sites is 1. The highest BCUT2D eigenvalue weighted by atomic mass is 16.6. The average Bonchev–Trinajstić information content (AvgIpc) is 2.84. The molecule has 0 bridgehead atoms. The van der Waals surface area contributed by atoms with Gasteiger partial charge in [0.25, 0.3) is 11.6 Å². The van der Waals surface area contributed by atoms with Gasteiger partial charge in [0.2, 0.25) is 0 Å². The van der Waals surface area contributed by atoms with E-state index in [0.29, 0.717) is 10.9 Å². The fraction of sp³-hybridized carbons (Fsp3) is 0. The van der Waals surface area contributed by atoms with Gasteiger partial charge in [-0.15, -0.1) is 4.74 Å². The number of aromatic nitrogens is 1. The molecule has 7 nitrogen and oxygen atoms in total. The Morgan fingerprint density at radius 3 is 2.43 bits per heavy atom. The summed E-state index contributed by atoms with van der Waals surface area (Å²) in [6, 6.07) is 11.6. The van der Waals surface area contributed by atoms with Crippen molar-refractivity contribution >= 4 is 22.5 Å². The Morgan fingerprint density at radius 2 is 1.76 bits per heavy atom. The molecule has 0 aliphatic rings. The van der Waals surface area contributed by atoms with Gasteiger partial charge in [-0.25, -0.2) is 4.79 Å². The first-order chi connectivity index (χ1) is 10.1. The van der Waals surface area contributed by atoms with Crippen molar-refractivity contribution in [3.8, 4) is 0 Å². The standard InChI is InChI=1S/C14H8N2O5/c17-13(9-5-7-10(8-6-9)16(19)20)15-12-4-2-1-3-11(12)14(18)21-15/h1-8H. The first-order valence-corrected chi connectivity index (χ1v) is 5.98. The smallest absolute Gasteiger partial charge is 0.327 e. The zero-order valence-electron chi connectivity index (χ0n) is 10.6. The number of carbonyl (C=O) groups excluding carboxylic acids is 1. The Labute approximate surface area is 117 Å². The van der Waals surface area contributed by atoms with Crippen molar-refractivity contribution in [2.75, 3.05) is 0 Å². The van der Waals surface area contributed by atoms with Gasteiger partial charge in [-0.05, 0) is 24.3 Å². The number of nitro groups is 1.